The molecule has 0 radical (unpaired) electrons. The molecular weight excluding hydrogens is 180 g/mol. The maximum absolute atomic E-state index is 5.63. The van der Waals surface area contributed by atoms with E-state index in [9.17, 15) is 0 Å². The summed E-state index contributed by atoms with van der Waals surface area (Å²) in [6, 6.07) is 10.2. The molecule has 3 heteroatoms. The second kappa shape index (κ2) is 4.23. The zero-order chi connectivity index (χ0) is 9.84. The monoisotopic (exact) mass is 194 g/mol. The summed E-state index contributed by atoms with van der Waals surface area (Å²) >= 11 is 4.98. The molecule has 2 nitrogen and oxygen atoms in total. The number of para-hydroxylation sites is 1. The van der Waals surface area contributed by atoms with E-state index in [2.05, 4.69) is 13.8 Å². The zero-order valence-corrected chi connectivity index (χ0v) is 8.71. The second-order valence-electron chi connectivity index (χ2n) is 3.14. The summed E-state index contributed by atoms with van der Waals surface area (Å²) in [5, 5.41) is 0.418. The summed E-state index contributed by atoms with van der Waals surface area (Å²) < 4.78 is 0. The first-order chi connectivity index (χ1) is 6.13. The molecule has 0 saturated heterocycles. The van der Waals surface area contributed by atoms with E-state index in [0.29, 0.717) is 11.2 Å². The van der Waals surface area contributed by atoms with Crippen molar-refractivity contribution in [3.63, 3.8) is 0 Å². The first kappa shape index (κ1) is 9.99. The van der Waals surface area contributed by atoms with Crippen molar-refractivity contribution in [2.45, 2.75) is 19.9 Å². The Hall–Kier alpha value is -1.09. The van der Waals surface area contributed by atoms with Crippen LogP contribution in [-0.2, 0) is 0 Å². The van der Waals surface area contributed by atoms with Gasteiger partial charge in [-0.15, -0.1) is 0 Å². The molecule has 0 aliphatic carbocycles. The van der Waals surface area contributed by atoms with Gasteiger partial charge in [0.25, 0.3) is 0 Å². The number of benzene rings is 1. The Balaban J connectivity index is 2.96. The number of hydrogen-bond donors (Lipinski definition) is 1. The molecule has 0 fully saturated rings. The zero-order valence-electron chi connectivity index (χ0n) is 7.90. The topological polar surface area (TPSA) is 29.3 Å². The van der Waals surface area contributed by atoms with Crippen LogP contribution in [-0.4, -0.2) is 11.2 Å². The lowest BCUT2D eigenvalue weighted by molar-refractivity contribution is 0.809. The van der Waals surface area contributed by atoms with Gasteiger partial charge in [0.15, 0.2) is 5.11 Å². The van der Waals surface area contributed by atoms with Gasteiger partial charge in [0.2, 0.25) is 0 Å². The van der Waals surface area contributed by atoms with Crippen LogP contribution in [0.15, 0.2) is 30.3 Å². The van der Waals surface area contributed by atoms with E-state index in [4.69, 9.17) is 18.0 Å². The molecule has 0 heterocycles. The molecule has 2 N–H and O–H groups in total. The lowest BCUT2D eigenvalue weighted by atomic mass is 10.2. The molecule has 0 amide bonds. The maximum atomic E-state index is 5.63. The van der Waals surface area contributed by atoms with Crippen LogP contribution in [0.5, 0.6) is 0 Å². The van der Waals surface area contributed by atoms with Crippen LogP contribution < -0.4 is 10.6 Å². The second-order valence-corrected chi connectivity index (χ2v) is 3.56. The van der Waals surface area contributed by atoms with Crippen LogP contribution in [0.4, 0.5) is 5.69 Å². The summed E-state index contributed by atoms with van der Waals surface area (Å²) in [6.45, 7) is 4.12. The van der Waals surface area contributed by atoms with E-state index in [0.717, 1.165) is 5.69 Å². The van der Waals surface area contributed by atoms with Gasteiger partial charge in [-0.25, -0.2) is 0 Å². The maximum Gasteiger partial charge on any atom is 0.171 e. The van der Waals surface area contributed by atoms with E-state index in [1.54, 1.807) is 0 Å². The van der Waals surface area contributed by atoms with Crippen molar-refractivity contribution in [2.24, 2.45) is 5.73 Å². The molecule has 0 saturated carbocycles. The van der Waals surface area contributed by atoms with Gasteiger partial charge in [-0.2, -0.15) is 0 Å². The van der Waals surface area contributed by atoms with Crippen LogP contribution in [0.25, 0.3) is 0 Å². The molecule has 0 spiro atoms. The van der Waals surface area contributed by atoms with Gasteiger partial charge in [-0.3, -0.25) is 0 Å². The van der Waals surface area contributed by atoms with Gasteiger partial charge < -0.3 is 10.6 Å². The van der Waals surface area contributed by atoms with Gasteiger partial charge >= 0.3 is 0 Å². The molecule has 0 aliphatic rings. The van der Waals surface area contributed by atoms with Crippen LogP contribution in [0, 0.1) is 0 Å². The third-order valence-electron chi connectivity index (χ3n) is 1.79. The number of rotatable bonds is 2. The Bertz CT molecular complexity index is 282. The highest BCUT2D eigenvalue weighted by Gasteiger charge is 2.11. The van der Waals surface area contributed by atoms with E-state index in [1.165, 1.54) is 0 Å². The third-order valence-corrected chi connectivity index (χ3v) is 1.98. The van der Waals surface area contributed by atoms with Crippen molar-refractivity contribution in [3.8, 4) is 0 Å². The number of thiocarbonyl (C=S) groups is 1. The normalized spacial score (nSPS) is 10.1. The van der Waals surface area contributed by atoms with Crippen molar-refractivity contribution < 1.29 is 0 Å². The van der Waals surface area contributed by atoms with E-state index in [-0.39, 0.29) is 0 Å². The Labute approximate surface area is 84.3 Å². The molecule has 70 valence electrons. The quantitative estimate of drug-likeness (QED) is 0.731. The summed E-state index contributed by atoms with van der Waals surface area (Å²) in [5.41, 5.74) is 6.67. The van der Waals surface area contributed by atoms with Crippen LogP contribution >= 0.6 is 12.2 Å². The first-order valence-corrected chi connectivity index (χ1v) is 4.67. The summed E-state index contributed by atoms with van der Waals surface area (Å²) in [6.07, 6.45) is 0. The van der Waals surface area contributed by atoms with Crippen molar-refractivity contribution in [1.82, 2.24) is 0 Å². The van der Waals surface area contributed by atoms with Crippen LogP contribution in [0.2, 0.25) is 0 Å². The summed E-state index contributed by atoms with van der Waals surface area (Å²) in [4.78, 5) is 1.93. The molecule has 0 aliphatic heterocycles. The van der Waals surface area contributed by atoms with E-state index < -0.39 is 0 Å². The van der Waals surface area contributed by atoms with E-state index >= 15 is 0 Å². The molecule has 1 rings (SSSR count). The number of hydrogen-bond acceptors (Lipinski definition) is 1. The molecule has 1 aromatic rings. The van der Waals surface area contributed by atoms with Crippen molar-refractivity contribution in [1.29, 1.82) is 0 Å². The largest absolute Gasteiger partial charge is 0.376 e. The van der Waals surface area contributed by atoms with Gasteiger partial charge in [-0.1, -0.05) is 18.2 Å². The average molecular weight is 194 g/mol. The predicted octanol–water partition coefficient (Wildman–Crippen LogP) is 2.14. The minimum Gasteiger partial charge on any atom is -0.376 e. The van der Waals surface area contributed by atoms with Gasteiger partial charge in [-0.05, 0) is 38.2 Å². The smallest absolute Gasteiger partial charge is 0.171 e. The van der Waals surface area contributed by atoms with Crippen molar-refractivity contribution in [2.75, 3.05) is 4.90 Å². The van der Waals surface area contributed by atoms with Gasteiger partial charge in [0.05, 0.1) is 0 Å². The lowest BCUT2D eigenvalue weighted by Crippen LogP contribution is -2.40. The first-order valence-electron chi connectivity index (χ1n) is 4.26. The summed E-state index contributed by atoms with van der Waals surface area (Å²) in [7, 11) is 0. The predicted molar refractivity (Wildman–Crippen MR) is 60.8 cm³/mol. The molecular formula is C10H14N2S. The highest BCUT2D eigenvalue weighted by molar-refractivity contribution is 7.80. The molecule has 1 aromatic carbocycles. The molecule has 0 aromatic heterocycles. The van der Waals surface area contributed by atoms with Crippen molar-refractivity contribution in [3.05, 3.63) is 30.3 Å². The Morgan fingerprint density at radius 3 is 2.23 bits per heavy atom. The fourth-order valence-electron chi connectivity index (χ4n) is 1.27. The Kier molecular flexibility index (Phi) is 3.25. The number of nitrogens with two attached hydrogens (primary N) is 1. The fourth-order valence-corrected chi connectivity index (χ4v) is 1.58. The molecule has 0 atom stereocenters. The third kappa shape index (κ3) is 2.42. The highest BCUT2D eigenvalue weighted by Crippen LogP contribution is 2.15. The standard InChI is InChI=1S/C10H14N2S/c1-8(2)12(10(11)13)9-6-4-3-5-7-9/h3-8H,1-2H3,(H2,11,13). The molecule has 13 heavy (non-hydrogen) atoms. The highest BCUT2D eigenvalue weighted by atomic mass is 32.1. The lowest BCUT2D eigenvalue weighted by Gasteiger charge is -2.26. The molecule has 0 bridgehead atoms. The fraction of sp³-hybridized carbons (Fsp3) is 0.300. The minimum atomic E-state index is 0.292. The van der Waals surface area contributed by atoms with Crippen LogP contribution in [0.1, 0.15) is 13.8 Å². The van der Waals surface area contributed by atoms with Crippen LogP contribution in [0.3, 0.4) is 0 Å². The number of anilines is 1. The number of nitrogens with zero attached hydrogens (tertiary/aromatic N) is 1. The summed E-state index contributed by atoms with van der Waals surface area (Å²) in [5.74, 6) is 0. The van der Waals surface area contributed by atoms with Gasteiger partial charge in [0.1, 0.15) is 0 Å². The average Bonchev–Trinajstić information content (AvgIpc) is 2.04. The minimum absolute atomic E-state index is 0.292. The van der Waals surface area contributed by atoms with Gasteiger partial charge in [0, 0.05) is 11.7 Å². The Morgan fingerprint density at radius 2 is 1.85 bits per heavy atom. The SMILES string of the molecule is CC(C)N(C(N)=S)c1ccccc1. The Morgan fingerprint density at radius 1 is 1.31 bits per heavy atom. The van der Waals surface area contributed by atoms with Crippen molar-refractivity contribution >= 4 is 23.0 Å². The molecule has 0 unspecified atom stereocenters. The van der Waals surface area contributed by atoms with E-state index in [1.807, 2.05) is 35.2 Å².